The Hall–Kier alpha value is -2.31. The molecular formula is C15H13ClN2O. The van der Waals surface area contributed by atoms with E-state index in [1.165, 1.54) is 0 Å². The molecule has 0 fully saturated rings. The van der Waals surface area contributed by atoms with Crippen LogP contribution in [0.4, 0.5) is 0 Å². The number of hydrogen-bond donors (Lipinski definition) is 1. The number of nitrogens with zero attached hydrogens (tertiary/aromatic N) is 1. The number of halogens is 1. The van der Waals surface area contributed by atoms with Crippen molar-refractivity contribution < 1.29 is 4.79 Å². The fourth-order valence-electron chi connectivity index (χ4n) is 1.64. The number of hydrogen-bond acceptors (Lipinski definition) is 2. The third kappa shape index (κ3) is 3.84. The summed E-state index contributed by atoms with van der Waals surface area (Å²) in [5.41, 5.74) is 1.33. The van der Waals surface area contributed by atoms with Gasteiger partial charge in [0, 0.05) is 5.56 Å². The van der Waals surface area contributed by atoms with Crippen molar-refractivity contribution >= 4 is 18.3 Å². The van der Waals surface area contributed by atoms with E-state index in [1.54, 1.807) is 24.3 Å². The first kappa shape index (κ1) is 14.7. The van der Waals surface area contributed by atoms with Gasteiger partial charge in [-0.1, -0.05) is 48.5 Å². The SMILES string of the molecule is Cl.N#CC(NC(=O)c1ccccc1)c1ccccc1. The van der Waals surface area contributed by atoms with Crippen molar-refractivity contribution in [3.05, 3.63) is 71.8 Å². The first-order valence-electron chi connectivity index (χ1n) is 5.62. The van der Waals surface area contributed by atoms with Gasteiger partial charge in [-0.05, 0) is 17.7 Å². The highest BCUT2D eigenvalue weighted by Gasteiger charge is 2.14. The molecule has 1 unspecified atom stereocenters. The van der Waals surface area contributed by atoms with Gasteiger partial charge in [-0.15, -0.1) is 12.4 Å². The zero-order valence-electron chi connectivity index (χ0n) is 10.1. The molecule has 19 heavy (non-hydrogen) atoms. The Morgan fingerprint density at radius 3 is 2.05 bits per heavy atom. The van der Waals surface area contributed by atoms with Crippen LogP contribution in [-0.2, 0) is 0 Å². The van der Waals surface area contributed by atoms with Gasteiger partial charge in [-0.2, -0.15) is 5.26 Å². The predicted octanol–water partition coefficient (Wildman–Crippen LogP) is 3.10. The Kier molecular flexibility index (Phi) is 5.59. The van der Waals surface area contributed by atoms with Crippen LogP contribution in [0.2, 0.25) is 0 Å². The molecule has 0 aromatic heterocycles. The number of rotatable bonds is 3. The number of benzene rings is 2. The molecule has 4 heteroatoms. The van der Waals surface area contributed by atoms with Crippen LogP contribution >= 0.6 is 12.4 Å². The normalized spacial score (nSPS) is 10.7. The predicted molar refractivity (Wildman–Crippen MR) is 76.0 cm³/mol. The molecule has 0 aliphatic heterocycles. The lowest BCUT2D eigenvalue weighted by Gasteiger charge is -2.11. The zero-order chi connectivity index (χ0) is 12.8. The summed E-state index contributed by atoms with van der Waals surface area (Å²) in [6, 6.07) is 19.5. The Labute approximate surface area is 118 Å². The average Bonchev–Trinajstić information content (AvgIpc) is 2.46. The Morgan fingerprint density at radius 1 is 1.00 bits per heavy atom. The summed E-state index contributed by atoms with van der Waals surface area (Å²) in [6.45, 7) is 0. The Balaban J connectivity index is 0.00000180. The lowest BCUT2D eigenvalue weighted by Crippen LogP contribution is -2.27. The van der Waals surface area contributed by atoms with Crippen molar-refractivity contribution in [1.29, 1.82) is 5.26 Å². The summed E-state index contributed by atoms with van der Waals surface area (Å²) in [6.07, 6.45) is 0. The molecule has 0 radical (unpaired) electrons. The highest BCUT2D eigenvalue weighted by Crippen LogP contribution is 2.12. The van der Waals surface area contributed by atoms with E-state index in [0.717, 1.165) is 5.56 Å². The molecule has 0 spiro atoms. The maximum atomic E-state index is 11.9. The second kappa shape index (κ2) is 7.20. The summed E-state index contributed by atoms with van der Waals surface area (Å²) in [7, 11) is 0. The second-order valence-corrected chi connectivity index (χ2v) is 3.81. The van der Waals surface area contributed by atoms with Crippen molar-refractivity contribution in [2.24, 2.45) is 0 Å². The van der Waals surface area contributed by atoms with Crippen molar-refractivity contribution in [2.45, 2.75) is 6.04 Å². The molecule has 1 N–H and O–H groups in total. The summed E-state index contributed by atoms with van der Waals surface area (Å²) < 4.78 is 0. The quantitative estimate of drug-likeness (QED) is 0.933. The molecule has 3 nitrogen and oxygen atoms in total. The molecular weight excluding hydrogens is 260 g/mol. The van der Waals surface area contributed by atoms with E-state index in [1.807, 2.05) is 36.4 Å². The number of carbonyl (C=O) groups excluding carboxylic acids is 1. The number of amides is 1. The van der Waals surface area contributed by atoms with Crippen LogP contribution in [-0.4, -0.2) is 5.91 Å². The van der Waals surface area contributed by atoms with Crippen molar-refractivity contribution in [2.75, 3.05) is 0 Å². The highest BCUT2D eigenvalue weighted by atomic mass is 35.5. The maximum Gasteiger partial charge on any atom is 0.252 e. The monoisotopic (exact) mass is 272 g/mol. The van der Waals surface area contributed by atoms with E-state index >= 15 is 0 Å². The molecule has 0 bridgehead atoms. The minimum atomic E-state index is -0.626. The van der Waals surface area contributed by atoms with E-state index in [2.05, 4.69) is 11.4 Å². The van der Waals surface area contributed by atoms with E-state index in [-0.39, 0.29) is 18.3 Å². The molecule has 2 rings (SSSR count). The number of nitrogens with one attached hydrogen (secondary N) is 1. The molecule has 2 aromatic carbocycles. The first-order valence-corrected chi connectivity index (χ1v) is 5.62. The third-order valence-electron chi connectivity index (χ3n) is 2.57. The van der Waals surface area contributed by atoms with E-state index in [4.69, 9.17) is 5.26 Å². The first-order chi connectivity index (χ1) is 8.81. The topological polar surface area (TPSA) is 52.9 Å². The van der Waals surface area contributed by atoms with Crippen LogP contribution in [0.25, 0.3) is 0 Å². The number of carbonyl (C=O) groups is 1. The van der Waals surface area contributed by atoms with Gasteiger partial charge in [0.15, 0.2) is 0 Å². The fraction of sp³-hybridized carbons (Fsp3) is 0.0667. The van der Waals surface area contributed by atoms with E-state index < -0.39 is 6.04 Å². The summed E-state index contributed by atoms with van der Waals surface area (Å²) in [5, 5.41) is 11.8. The largest absolute Gasteiger partial charge is 0.333 e. The lowest BCUT2D eigenvalue weighted by atomic mass is 10.1. The standard InChI is InChI=1S/C15H12N2O.ClH/c16-11-14(12-7-3-1-4-8-12)17-15(18)13-9-5-2-6-10-13;/h1-10,14H,(H,17,18);1H. The van der Waals surface area contributed by atoms with Gasteiger partial charge in [0.25, 0.3) is 5.91 Å². The summed E-state index contributed by atoms with van der Waals surface area (Å²) >= 11 is 0. The molecule has 96 valence electrons. The van der Waals surface area contributed by atoms with Crippen LogP contribution in [0.3, 0.4) is 0 Å². The number of nitriles is 1. The highest BCUT2D eigenvalue weighted by molar-refractivity contribution is 5.94. The lowest BCUT2D eigenvalue weighted by molar-refractivity contribution is 0.0945. The molecule has 0 aliphatic carbocycles. The van der Waals surface area contributed by atoms with Crippen molar-refractivity contribution in [3.63, 3.8) is 0 Å². The zero-order valence-corrected chi connectivity index (χ0v) is 10.9. The molecule has 0 saturated carbocycles. The van der Waals surface area contributed by atoms with Gasteiger partial charge in [-0.25, -0.2) is 0 Å². The summed E-state index contributed by atoms with van der Waals surface area (Å²) in [5.74, 6) is -0.244. The van der Waals surface area contributed by atoms with Gasteiger partial charge < -0.3 is 5.32 Å². The fourth-order valence-corrected chi connectivity index (χ4v) is 1.64. The van der Waals surface area contributed by atoms with Gasteiger partial charge in [0.2, 0.25) is 0 Å². The van der Waals surface area contributed by atoms with Crippen molar-refractivity contribution in [3.8, 4) is 6.07 Å². The van der Waals surface area contributed by atoms with Gasteiger partial charge in [-0.3, -0.25) is 4.79 Å². The molecule has 0 heterocycles. The summed E-state index contributed by atoms with van der Waals surface area (Å²) in [4.78, 5) is 11.9. The molecule has 0 saturated heterocycles. The smallest absolute Gasteiger partial charge is 0.252 e. The maximum absolute atomic E-state index is 11.9. The molecule has 1 atom stereocenters. The molecule has 0 aliphatic rings. The van der Waals surface area contributed by atoms with Crippen LogP contribution in [0.15, 0.2) is 60.7 Å². The molecule has 2 aromatic rings. The average molecular weight is 273 g/mol. The van der Waals surface area contributed by atoms with Crippen LogP contribution < -0.4 is 5.32 Å². The minimum absolute atomic E-state index is 0. The van der Waals surface area contributed by atoms with Gasteiger partial charge in [0.1, 0.15) is 6.04 Å². The van der Waals surface area contributed by atoms with E-state index in [9.17, 15) is 4.79 Å². The van der Waals surface area contributed by atoms with Crippen LogP contribution in [0.5, 0.6) is 0 Å². The van der Waals surface area contributed by atoms with E-state index in [0.29, 0.717) is 5.56 Å². The Bertz CT molecular complexity index is 564. The van der Waals surface area contributed by atoms with Gasteiger partial charge in [0.05, 0.1) is 6.07 Å². The van der Waals surface area contributed by atoms with Crippen molar-refractivity contribution in [1.82, 2.24) is 5.32 Å². The Morgan fingerprint density at radius 2 is 1.53 bits per heavy atom. The second-order valence-electron chi connectivity index (χ2n) is 3.81. The van der Waals surface area contributed by atoms with Crippen LogP contribution in [0, 0.1) is 11.3 Å². The molecule has 1 amide bonds. The van der Waals surface area contributed by atoms with Crippen LogP contribution in [0.1, 0.15) is 22.0 Å². The third-order valence-corrected chi connectivity index (χ3v) is 2.57. The van der Waals surface area contributed by atoms with Gasteiger partial charge >= 0.3 is 0 Å². The minimum Gasteiger partial charge on any atom is -0.333 e.